The van der Waals surface area contributed by atoms with Crippen LogP contribution in [0.2, 0.25) is 0 Å². The van der Waals surface area contributed by atoms with E-state index in [1.165, 1.54) is 6.20 Å². The van der Waals surface area contributed by atoms with Crippen LogP contribution in [0, 0.1) is 5.92 Å². The topological polar surface area (TPSA) is 127 Å². The first kappa shape index (κ1) is 17.7. The average Bonchev–Trinajstić information content (AvgIpc) is 2.62. The van der Waals surface area contributed by atoms with Crippen LogP contribution < -0.4 is 21.5 Å². The third-order valence-electron chi connectivity index (χ3n) is 3.78. The maximum Gasteiger partial charge on any atom is 0.323 e. The number of nitrogens with two attached hydrogens (primary N) is 1. The Labute approximate surface area is 139 Å². The molecule has 24 heavy (non-hydrogen) atoms. The summed E-state index contributed by atoms with van der Waals surface area (Å²) in [6.45, 7) is 3.61. The fourth-order valence-electron chi connectivity index (χ4n) is 2.50. The first-order valence-corrected chi connectivity index (χ1v) is 7.74. The van der Waals surface area contributed by atoms with Crippen LogP contribution in [0.1, 0.15) is 19.8 Å². The summed E-state index contributed by atoms with van der Waals surface area (Å²) in [6.07, 6.45) is 2.90. The summed E-state index contributed by atoms with van der Waals surface area (Å²) in [5.41, 5.74) is 2.15. The molecule has 0 spiro atoms. The summed E-state index contributed by atoms with van der Waals surface area (Å²) < 4.78 is 5.05. The molecule has 1 aliphatic heterocycles. The number of amides is 2. The van der Waals surface area contributed by atoms with E-state index in [1.54, 1.807) is 24.5 Å². The molecule has 1 fully saturated rings. The van der Waals surface area contributed by atoms with Crippen LogP contribution in [-0.4, -0.2) is 42.5 Å². The van der Waals surface area contributed by atoms with Gasteiger partial charge in [-0.05, 0) is 31.9 Å². The summed E-state index contributed by atoms with van der Waals surface area (Å²) in [4.78, 5) is 40.5. The molecule has 2 amide bonds. The number of hydrogen-bond donors (Lipinski definition) is 3. The van der Waals surface area contributed by atoms with Crippen LogP contribution in [0.3, 0.4) is 0 Å². The highest BCUT2D eigenvalue weighted by Gasteiger charge is 2.26. The van der Waals surface area contributed by atoms with Crippen molar-refractivity contribution in [2.45, 2.75) is 19.8 Å². The Bertz CT molecular complexity index is 596. The van der Waals surface area contributed by atoms with Crippen molar-refractivity contribution in [2.24, 2.45) is 11.8 Å². The number of carbonyl (C=O) groups excluding carboxylic acids is 3. The number of aromatic nitrogens is 1. The van der Waals surface area contributed by atoms with Gasteiger partial charge in [0.05, 0.1) is 24.4 Å². The molecular weight excluding hydrogens is 314 g/mol. The normalized spacial score (nSPS) is 14.8. The molecule has 9 heteroatoms. The highest BCUT2D eigenvalue weighted by Crippen LogP contribution is 2.23. The van der Waals surface area contributed by atoms with Crippen molar-refractivity contribution >= 4 is 29.3 Å². The van der Waals surface area contributed by atoms with Gasteiger partial charge >= 0.3 is 17.8 Å². The van der Waals surface area contributed by atoms with Crippen molar-refractivity contribution < 1.29 is 19.1 Å². The first-order valence-electron chi connectivity index (χ1n) is 7.74. The van der Waals surface area contributed by atoms with Gasteiger partial charge in [0.2, 0.25) is 0 Å². The standard InChI is InChI=1S/C15H21N5O4/c1-2-24-15(23)10-5-7-20(8-6-10)12-4-3-11(9-17-12)18-13(21)14(22)19-16/h3-4,9-10H,2,5-8,16H2,1H3,(H,18,21)(H,19,22). The van der Waals surface area contributed by atoms with Crippen LogP contribution in [0.15, 0.2) is 18.3 Å². The number of ether oxygens (including phenoxy) is 1. The summed E-state index contributed by atoms with van der Waals surface area (Å²) >= 11 is 0. The number of anilines is 2. The van der Waals surface area contributed by atoms with Gasteiger partial charge < -0.3 is 15.0 Å². The lowest BCUT2D eigenvalue weighted by Gasteiger charge is -2.31. The number of esters is 1. The largest absolute Gasteiger partial charge is 0.466 e. The third kappa shape index (κ3) is 4.42. The van der Waals surface area contributed by atoms with E-state index >= 15 is 0 Å². The van der Waals surface area contributed by atoms with Crippen LogP contribution in [0.5, 0.6) is 0 Å². The predicted octanol–water partition coefficient (Wildman–Crippen LogP) is -0.210. The predicted molar refractivity (Wildman–Crippen MR) is 86.8 cm³/mol. The molecule has 2 heterocycles. The van der Waals surface area contributed by atoms with Crippen molar-refractivity contribution in [1.82, 2.24) is 10.4 Å². The highest BCUT2D eigenvalue weighted by molar-refractivity contribution is 6.39. The van der Waals surface area contributed by atoms with Crippen LogP contribution in [0.25, 0.3) is 0 Å². The second kappa shape index (κ2) is 8.25. The maximum atomic E-state index is 11.7. The van der Waals surface area contributed by atoms with Crippen molar-refractivity contribution in [3.63, 3.8) is 0 Å². The van der Waals surface area contributed by atoms with Crippen molar-refractivity contribution in [2.75, 3.05) is 29.9 Å². The summed E-state index contributed by atoms with van der Waals surface area (Å²) in [6, 6.07) is 3.40. The number of hydrogen-bond acceptors (Lipinski definition) is 7. The molecule has 0 saturated carbocycles. The van der Waals surface area contributed by atoms with Crippen molar-refractivity contribution in [3.05, 3.63) is 18.3 Å². The molecule has 0 aliphatic carbocycles. The van der Waals surface area contributed by atoms with E-state index in [4.69, 9.17) is 10.6 Å². The lowest BCUT2D eigenvalue weighted by atomic mass is 9.97. The fraction of sp³-hybridized carbons (Fsp3) is 0.467. The zero-order chi connectivity index (χ0) is 17.5. The zero-order valence-electron chi connectivity index (χ0n) is 13.4. The van der Waals surface area contributed by atoms with Crippen molar-refractivity contribution in [1.29, 1.82) is 0 Å². The Morgan fingerprint density at radius 3 is 2.54 bits per heavy atom. The average molecular weight is 335 g/mol. The molecule has 0 radical (unpaired) electrons. The molecule has 0 bridgehead atoms. The zero-order valence-corrected chi connectivity index (χ0v) is 13.4. The number of nitrogens with one attached hydrogen (secondary N) is 2. The van der Waals surface area contributed by atoms with Gasteiger partial charge in [-0.25, -0.2) is 10.8 Å². The van der Waals surface area contributed by atoms with Gasteiger partial charge in [-0.15, -0.1) is 0 Å². The minimum Gasteiger partial charge on any atom is -0.466 e. The number of pyridine rings is 1. The highest BCUT2D eigenvalue weighted by atomic mass is 16.5. The summed E-state index contributed by atoms with van der Waals surface area (Å²) in [7, 11) is 0. The van der Waals surface area contributed by atoms with Crippen LogP contribution in [0.4, 0.5) is 11.5 Å². The quantitative estimate of drug-likeness (QED) is 0.228. The molecule has 2 rings (SSSR count). The van der Waals surface area contributed by atoms with E-state index in [0.29, 0.717) is 25.4 Å². The number of carbonyl (C=O) groups is 3. The molecule has 0 aromatic carbocycles. The Kier molecular flexibility index (Phi) is 6.07. The smallest absolute Gasteiger partial charge is 0.323 e. The van der Waals surface area contributed by atoms with Crippen molar-refractivity contribution in [3.8, 4) is 0 Å². The van der Waals surface area contributed by atoms with Gasteiger partial charge in [-0.3, -0.25) is 19.8 Å². The van der Waals surface area contributed by atoms with Crippen LogP contribution >= 0.6 is 0 Å². The van der Waals surface area contributed by atoms with Crippen LogP contribution in [-0.2, 0) is 19.1 Å². The van der Waals surface area contributed by atoms with E-state index in [9.17, 15) is 14.4 Å². The molecule has 1 aliphatic rings. The van der Waals surface area contributed by atoms with Gasteiger partial charge in [0.15, 0.2) is 0 Å². The minimum absolute atomic E-state index is 0.0606. The molecule has 1 aromatic rings. The van der Waals surface area contributed by atoms with Gasteiger partial charge in [0, 0.05) is 13.1 Å². The van der Waals surface area contributed by atoms with E-state index < -0.39 is 11.8 Å². The second-order valence-corrected chi connectivity index (χ2v) is 5.35. The number of piperidine rings is 1. The Hall–Kier alpha value is -2.68. The van der Waals surface area contributed by atoms with Gasteiger partial charge in [0.25, 0.3) is 0 Å². The van der Waals surface area contributed by atoms with E-state index in [-0.39, 0.29) is 11.9 Å². The molecule has 1 aromatic heterocycles. The molecule has 9 nitrogen and oxygen atoms in total. The third-order valence-corrected chi connectivity index (χ3v) is 3.78. The number of rotatable bonds is 4. The minimum atomic E-state index is -0.930. The lowest BCUT2D eigenvalue weighted by molar-refractivity contribution is -0.148. The van der Waals surface area contributed by atoms with Gasteiger partial charge in [-0.2, -0.15) is 0 Å². The van der Waals surface area contributed by atoms with E-state index in [0.717, 1.165) is 18.7 Å². The van der Waals surface area contributed by atoms with Gasteiger partial charge in [-0.1, -0.05) is 0 Å². The molecule has 130 valence electrons. The van der Waals surface area contributed by atoms with E-state index in [1.807, 2.05) is 0 Å². The maximum absolute atomic E-state index is 11.7. The molecular formula is C15H21N5O4. The molecule has 0 unspecified atom stereocenters. The SMILES string of the molecule is CCOC(=O)C1CCN(c2ccc(NC(=O)C(=O)NN)cn2)CC1. The van der Waals surface area contributed by atoms with Gasteiger partial charge in [0.1, 0.15) is 5.82 Å². The fourth-order valence-corrected chi connectivity index (χ4v) is 2.50. The molecule has 4 N–H and O–H groups in total. The summed E-state index contributed by atoms with van der Waals surface area (Å²) in [5.74, 6) is 3.65. The second-order valence-electron chi connectivity index (χ2n) is 5.35. The number of nitrogens with zero attached hydrogens (tertiary/aromatic N) is 2. The lowest BCUT2D eigenvalue weighted by Crippen LogP contribution is -2.39. The first-order chi connectivity index (χ1) is 11.5. The monoisotopic (exact) mass is 335 g/mol. The molecule has 1 saturated heterocycles. The number of hydrazine groups is 1. The Morgan fingerprint density at radius 1 is 1.29 bits per heavy atom. The van der Waals surface area contributed by atoms with E-state index in [2.05, 4.69) is 15.2 Å². The Morgan fingerprint density at radius 2 is 2.00 bits per heavy atom. The Balaban J connectivity index is 1.89. The summed E-state index contributed by atoms with van der Waals surface area (Å²) in [5, 5.41) is 2.39. The molecule has 0 atom stereocenters.